The van der Waals surface area contributed by atoms with Crippen LogP contribution >= 0.6 is 0 Å². The van der Waals surface area contributed by atoms with Gasteiger partial charge in [-0.1, -0.05) is 6.92 Å². The normalized spacial score (nSPS) is 13.3. The van der Waals surface area contributed by atoms with Crippen LogP contribution in [-0.4, -0.2) is 30.5 Å². The highest BCUT2D eigenvalue weighted by atomic mass is 32.2. The van der Waals surface area contributed by atoms with Crippen LogP contribution in [0.25, 0.3) is 0 Å². The molecule has 0 bridgehead atoms. The van der Waals surface area contributed by atoms with Crippen LogP contribution in [0.15, 0.2) is 23.4 Å². The third-order valence-corrected chi connectivity index (χ3v) is 3.43. The molecule has 0 saturated heterocycles. The van der Waals surface area contributed by atoms with Crippen molar-refractivity contribution in [3.05, 3.63) is 24.3 Å². The van der Waals surface area contributed by atoms with Crippen LogP contribution in [-0.2, 0) is 14.8 Å². The van der Waals surface area contributed by atoms with Crippen molar-refractivity contribution in [2.75, 3.05) is 0 Å². The smallest absolute Gasteiger partial charge is 0.321 e. The third-order valence-electron chi connectivity index (χ3n) is 1.99. The first kappa shape index (κ1) is 13.5. The molecule has 0 aliphatic carbocycles. The number of pyridine rings is 1. The Balaban J connectivity index is 3.00. The molecule has 0 aromatic carbocycles. The number of aliphatic carboxylic acids is 1. The first-order valence-electron chi connectivity index (χ1n) is 4.72. The number of halogens is 1. The van der Waals surface area contributed by atoms with Crippen LogP contribution in [0.3, 0.4) is 0 Å². The largest absolute Gasteiger partial charge is 0.480 e. The summed E-state index contributed by atoms with van der Waals surface area (Å²) < 4.78 is 38.1. The van der Waals surface area contributed by atoms with E-state index in [9.17, 15) is 17.6 Å². The number of carboxylic acid groups (broad SMARTS) is 1. The van der Waals surface area contributed by atoms with Crippen molar-refractivity contribution in [1.29, 1.82) is 0 Å². The number of nitrogens with zero attached hydrogens (tertiary/aromatic N) is 1. The molecule has 0 amide bonds. The number of carboxylic acids is 1. The van der Waals surface area contributed by atoms with Gasteiger partial charge in [-0.15, -0.1) is 0 Å². The monoisotopic (exact) mass is 262 g/mol. The van der Waals surface area contributed by atoms with Gasteiger partial charge in [0.1, 0.15) is 16.8 Å². The van der Waals surface area contributed by atoms with E-state index in [0.717, 1.165) is 18.5 Å². The molecule has 0 aliphatic rings. The van der Waals surface area contributed by atoms with E-state index in [4.69, 9.17) is 5.11 Å². The van der Waals surface area contributed by atoms with Gasteiger partial charge in [0.2, 0.25) is 10.0 Å². The predicted octanol–water partition coefficient (Wildman–Crippen LogP) is 0.362. The SMILES string of the molecule is CC[C@@H](NS(=O)(=O)c1cncc(F)c1)C(=O)O. The predicted molar refractivity (Wildman–Crippen MR) is 56.2 cm³/mol. The number of aromatic nitrogens is 1. The molecule has 94 valence electrons. The molecule has 2 N–H and O–H groups in total. The van der Waals surface area contributed by atoms with Crippen molar-refractivity contribution in [2.45, 2.75) is 24.3 Å². The molecule has 0 unspecified atom stereocenters. The number of rotatable bonds is 5. The molecule has 1 rings (SSSR count). The summed E-state index contributed by atoms with van der Waals surface area (Å²) in [6, 6.07) is -0.479. The lowest BCUT2D eigenvalue weighted by atomic mass is 10.2. The Morgan fingerprint density at radius 1 is 1.59 bits per heavy atom. The second-order valence-corrected chi connectivity index (χ2v) is 4.97. The molecule has 1 atom stereocenters. The number of nitrogens with one attached hydrogen (secondary N) is 1. The fourth-order valence-corrected chi connectivity index (χ4v) is 2.35. The average Bonchev–Trinajstić information content (AvgIpc) is 2.25. The summed E-state index contributed by atoms with van der Waals surface area (Å²) in [5.41, 5.74) is 0. The lowest BCUT2D eigenvalue weighted by molar-refractivity contribution is -0.139. The number of hydrogen-bond donors (Lipinski definition) is 2. The molecule has 0 radical (unpaired) electrons. The molecule has 0 fully saturated rings. The van der Waals surface area contributed by atoms with E-state index in [1.165, 1.54) is 6.92 Å². The van der Waals surface area contributed by atoms with E-state index in [0.29, 0.717) is 0 Å². The van der Waals surface area contributed by atoms with Gasteiger partial charge in [-0.25, -0.2) is 12.8 Å². The van der Waals surface area contributed by atoms with Crippen LogP contribution in [0.4, 0.5) is 4.39 Å². The van der Waals surface area contributed by atoms with Crippen molar-refractivity contribution in [2.24, 2.45) is 0 Å². The van der Waals surface area contributed by atoms with E-state index in [-0.39, 0.29) is 6.42 Å². The molecule has 17 heavy (non-hydrogen) atoms. The molecule has 1 heterocycles. The van der Waals surface area contributed by atoms with Gasteiger partial charge < -0.3 is 5.11 Å². The van der Waals surface area contributed by atoms with Crippen LogP contribution in [0.2, 0.25) is 0 Å². The van der Waals surface area contributed by atoms with Crippen molar-refractivity contribution in [3.63, 3.8) is 0 Å². The Kier molecular flexibility index (Phi) is 4.13. The Bertz CT molecular complexity index is 517. The molecule has 0 aliphatic heterocycles. The summed E-state index contributed by atoms with van der Waals surface area (Å²) in [7, 11) is -4.07. The zero-order chi connectivity index (χ0) is 13.1. The molecular weight excluding hydrogens is 251 g/mol. The number of sulfonamides is 1. The summed E-state index contributed by atoms with van der Waals surface area (Å²) in [5, 5.41) is 8.72. The Morgan fingerprint density at radius 3 is 2.71 bits per heavy atom. The lowest BCUT2D eigenvalue weighted by Gasteiger charge is -2.12. The highest BCUT2D eigenvalue weighted by Gasteiger charge is 2.24. The summed E-state index contributed by atoms with van der Waals surface area (Å²) in [5.74, 6) is -2.10. The van der Waals surface area contributed by atoms with Crippen LogP contribution in [0.1, 0.15) is 13.3 Å². The van der Waals surface area contributed by atoms with Gasteiger partial charge in [0.25, 0.3) is 0 Å². The second-order valence-electron chi connectivity index (χ2n) is 3.26. The molecule has 0 spiro atoms. The van der Waals surface area contributed by atoms with Gasteiger partial charge in [0, 0.05) is 6.20 Å². The van der Waals surface area contributed by atoms with Crippen molar-refractivity contribution in [1.82, 2.24) is 9.71 Å². The fraction of sp³-hybridized carbons (Fsp3) is 0.333. The zero-order valence-electron chi connectivity index (χ0n) is 8.92. The summed E-state index contributed by atoms with van der Waals surface area (Å²) in [6.07, 6.45) is 1.88. The van der Waals surface area contributed by atoms with E-state index >= 15 is 0 Å². The summed E-state index contributed by atoms with van der Waals surface area (Å²) in [6.45, 7) is 1.52. The van der Waals surface area contributed by atoms with E-state index in [2.05, 4.69) is 4.98 Å². The van der Waals surface area contributed by atoms with Gasteiger partial charge >= 0.3 is 5.97 Å². The quantitative estimate of drug-likeness (QED) is 0.798. The topological polar surface area (TPSA) is 96.4 Å². The molecule has 1 aromatic rings. The third kappa shape index (κ3) is 3.46. The fourth-order valence-electron chi connectivity index (χ4n) is 1.10. The van der Waals surface area contributed by atoms with E-state index < -0.39 is 32.7 Å². The lowest BCUT2D eigenvalue weighted by Crippen LogP contribution is -2.40. The maximum Gasteiger partial charge on any atom is 0.321 e. The highest BCUT2D eigenvalue weighted by molar-refractivity contribution is 7.89. The molecule has 8 heteroatoms. The molecular formula is C9H11FN2O4S. The van der Waals surface area contributed by atoms with Gasteiger partial charge in [-0.05, 0) is 12.5 Å². The van der Waals surface area contributed by atoms with Crippen LogP contribution in [0, 0.1) is 5.82 Å². The van der Waals surface area contributed by atoms with Gasteiger partial charge in [0.15, 0.2) is 0 Å². The average molecular weight is 262 g/mol. The Hall–Kier alpha value is -1.54. The minimum absolute atomic E-state index is 0.0807. The van der Waals surface area contributed by atoms with Gasteiger partial charge in [0.05, 0.1) is 6.20 Å². The minimum atomic E-state index is -4.07. The first-order chi connectivity index (χ1) is 7.86. The van der Waals surface area contributed by atoms with Gasteiger partial charge in [-0.2, -0.15) is 4.72 Å². The van der Waals surface area contributed by atoms with Crippen LogP contribution < -0.4 is 4.72 Å². The summed E-state index contributed by atoms with van der Waals surface area (Å²) >= 11 is 0. The van der Waals surface area contributed by atoms with E-state index in [1.54, 1.807) is 0 Å². The zero-order valence-corrected chi connectivity index (χ0v) is 9.74. The molecule has 6 nitrogen and oxygen atoms in total. The van der Waals surface area contributed by atoms with Crippen molar-refractivity contribution in [3.8, 4) is 0 Å². The Labute approximate surface area is 97.5 Å². The number of hydrogen-bond acceptors (Lipinski definition) is 4. The van der Waals surface area contributed by atoms with Gasteiger partial charge in [-0.3, -0.25) is 9.78 Å². The first-order valence-corrected chi connectivity index (χ1v) is 6.21. The maximum absolute atomic E-state index is 12.8. The highest BCUT2D eigenvalue weighted by Crippen LogP contribution is 2.09. The second kappa shape index (κ2) is 5.19. The van der Waals surface area contributed by atoms with Crippen LogP contribution in [0.5, 0.6) is 0 Å². The molecule has 1 aromatic heterocycles. The molecule has 0 saturated carbocycles. The van der Waals surface area contributed by atoms with Crippen molar-refractivity contribution >= 4 is 16.0 Å². The van der Waals surface area contributed by atoms with E-state index in [1.807, 2.05) is 4.72 Å². The standard InChI is InChI=1S/C9H11FN2O4S/c1-2-8(9(13)14)12-17(15,16)7-3-6(10)4-11-5-7/h3-5,8,12H,2H2,1H3,(H,13,14)/t8-/m1/s1. The number of carbonyl (C=O) groups is 1. The summed E-state index contributed by atoms with van der Waals surface area (Å²) in [4.78, 5) is 13.7. The minimum Gasteiger partial charge on any atom is -0.480 e. The maximum atomic E-state index is 12.8. The Morgan fingerprint density at radius 2 is 2.24 bits per heavy atom. The van der Waals surface area contributed by atoms with Crippen molar-refractivity contribution < 1.29 is 22.7 Å².